The van der Waals surface area contributed by atoms with E-state index >= 15 is 0 Å². The lowest BCUT2D eigenvalue weighted by Crippen LogP contribution is -2.39. The first kappa shape index (κ1) is 19.3. The van der Waals surface area contributed by atoms with Gasteiger partial charge in [-0.15, -0.1) is 11.3 Å². The number of rotatable bonds is 3. The van der Waals surface area contributed by atoms with Crippen LogP contribution in [0, 0.1) is 0 Å². The highest BCUT2D eigenvalue weighted by atomic mass is 32.1. The third-order valence-corrected chi connectivity index (χ3v) is 6.89. The van der Waals surface area contributed by atoms with E-state index in [0.717, 1.165) is 54.3 Å². The SMILES string of the molecule is CN1CCc2c(c(N3CCOCC3)nc3sc(C(=O)Nc4ccccc4)c(N)c23)C1. The van der Waals surface area contributed by atoms with Crippen LogP contribution in [0.5, 0.6) is 0 Å². The standard InChI is InChI=1S/C22H25N5O2S/c1-26-8-7-15-16(13-26)20(27-9-11-29-12-10-27)25-22-17(15)18(23)19(30-22)21(28)24-14-5-3-2-4-6-14/h2-6H,7-13,23H2,1H3,(H,24,28). The normalized spacial score (nSPS) is 17.2. The smallest absolute Gasteiger partial charge is 0.267 e. The number of aromatic nitrogens is 1. The number of nitrogens with two attached hydrogens (primary N) is 1. The predicted octanol–water partition coefficient (Wildman–Crippen LogP) is 2.96. The number of fused-ring (bicyclic) bond motifs is 3. The molecule has 1 fully saturated rings. The van der Waals surface area contributed by atoms with Crippen LogP contribution in [-0.2, 0) is 17.7 Å². The number of benzene rings is 1. The highest BCUT2D eigenvalue weighted by Crippen LogP contribution is 2.41. The summed E-state index contributed by atoms with van der Waals surface area (Å²) >= 11 is 1.38. The van der Waals surface area contributed by atoms with Gasteiger partial charge in [0, 0.05) is 42.8 Å². The van der Waals surface area contributed by atoms with Crippen LogP contribution >= 0.6 is 11.3 Å². The Bertz CT molecular complexity index is 1090. The average molecular weight is 424 g/mol. The van der Waals surface area contributed by atoms with Gasteiger partial charge in [-0.2, -0.15) is 0 Å². The van der Waals surface area contributed by atoms with Gasteiger partial charge in [0.1, 0.15) is 15.5 Å². The van der Waals surface area contributed by atoms with Crippen molar-refractivity contribution in [1.82, 2.24) is 9.88 Å². The first-order chi connectivity index (χ1) is 14.6. The molecule has 1 saturated heterocycles. The van der Waals surface area contributed by atoms with Gasteiger partial charge in [0.25, 0.3) is 5.91 Å². The Morgan fingerprint density at radius 1 is 1.17 bits per heavy atom. The molecule has 1 amide bonds. The molecule has 0 atom stereocenters. The van der Waals surface area contributed by atoms with Crippen molar-refractivity contribution in [2.75, 3.05) is 55.8 Å². The number of pyridine rings is 1. The van der Waals surface area contributed by atoms with Crippen molar-refractivity contribution < 1.29 is 9.53 Å². The number of ether oxygens (including phenoxy) is 1. The summed E-state index contributed by atoms with van der Waals surface area (Å²) < 4.78 is 5.53. The molecule has 8 heteroatoms. The maximum absolute atomic E-state index is 13.0. The minimum atomic E-state index is -0.184. The van der Waals surface area contributed by atoms with Crippen LogP contribution in [0.25, 0.3) is 10.2 Å². The molecule has 0 aliphatic carbocycles. The Kier molecular flexibility index (Phi) is 5.06. The summed E-state index contributed by atoms with van der Waals surface area (Å²) in [7, 11) is 2.13. The molecule has 0 unspecified atom stereocenters. The predicted molar refractivity (Wildman–Crippen MR) is 121 cm³/mol. The van der Waals surface area contributed by atoms with E-state index in [1.54, 1.807) is 0 Å². The number of carbonyl (C=O) groups is 1. The fourth-order valence-electron chi connectivity index (χ4n) is 4.26. The van der Waals surface area contributed by atoms with Crippen molar-refractivity contribution in [1.29, 1.82) is 0 Å². The number of nitrogens with one attached hydrogen (secondary N) is 1. The van der Waals surface area contributed by atoms with E-state index in [2.05, 4.69) is 22.2 Å². The molecule has 2 aromatic heterocycles. The zero-order valence-corrected chi connectivity index (χ0v) is 17.8. The van der Waals surface area contributed by atoms with E-state index < -0.39 is 0 Å². The largest absolute Gasteiger partial charge is 0.397 e. The van der Waals surface area contributed by atoms with Crippen molar-refractivity contribution in [3.8, 4) is 0 Å². The van der Waals surface area contributed by atoms with E-state index in [-0.39, 0.29) is 5.91 Å². The molecule has 0 spiro atoms. The number of nitrogen functional groups attached to an aromatic ring is 1. The Hall–Kier alpha value is -2.68. The number of carbonyl (C=O) groups excluding carboxylic acids is 1. The molecule has 3 aromatic rings. The van der Waals surface area contributed by atoms with Crippen LogP contribution in [-0.4, -0.2) is 55.7 Å². The summed E-state index contributed by atoms with van der Waals surface area (Å²) in [6, 6.07) is 9.45. The molecule has 1 aromatic carbocycles. The Morgan fingerprint density at radius 2 is 1.93 bits per heavy atom. The van der Waals surface area contributed by atoms with E-state index in [0.29, 0.717) is 23.8 Å². The lowest BCUT2D eigenvalue weighted by molar-refractivity contribution is 0.103. The molecule has 5 rings (SSSR count). The fraction of sp³-hybridized carbons (Fsp3) is 0.364. The average Bonchev–Trinajstić information content (AvgIpc) is 3.11. The molecule has 30 heavy (non-hydrogen) atoms. The quantitative estimate of drug-likeness (QED) is 0.674. The minimum absolute atomic E-state index is 0.184. The van der Waals surface area contributed by atoms with Gasteiger partial charge in [-0.3, -0.25) is 4.79 Å². The number of hydrogen-bond acceptors (Lipinski definition) is 7. The number of morpholine rings is 1. The van der Waals surface area contributed by atoms with Crippen molar-refractivity contribution in [2.24, 2.45) is 0 Å². The molecule has 3 N–H and O–H groups in total. The van der Waals surface area contributed by atoms with Gasteiger partial charge in [0.15, 0.2) is 0 Å². The van der Waals surface area contributed by atoms with Crippen molar-refractivity contribution >= 4 is 44.7 Å². The summed E-state index contributed by atoms with van der Waals surface area (Å²) in [5, 5.41) is 3.91. The zero-order chi connectivity index (χ0) is 20.7. The Morgan fingerprint density at radius 3 is 2.70 bits per heavy atom. The molecule has 7 nitrogen and oxygen atoms in total. The molecule has 156 valence electrons. The molecular formula is C22H25N5O2S. The lowest BCUT2D eigenvalue weighted by atomic mass is 9.96. The second-order valence-corrected chi connectivity index (χ2v) is 8.82. The molecule has 2 aliphatic heterocycles. The van der Waals surface area contributed by atoms with Gasteiger partial charge in [-0.05, 0) is 31.2 Å². The van der Waals surface area contributed by atoms with Crippen LogP contribution in [0.15, 0.2) is 30.3 Å². The van der Waals surface area contributed by atoms with Crippen LogP contribution in [0.2, 0.25) is 0 Å². The van der Waals surface area contributed by atoms with Gasteiger partial charge < -0.3 is 25.6 Å². The summed E-state index contributed by atoms with van der Waals surface area (Å²) in [4.78, 5) is 24.0. The number of likely N-dealkylation sites (N-methyl/N-ethyl adjacent to an activating group) is 1. The van der Waals surface area contributed by atoms with Gasteiger partial charge in [0.2, 0.25) is 0 Å². The molecule has 0 radical (unpaired) electrons. The zero-order valence-electron chi connectivity index (χ0n) is 17.0. The van der Waals surface area contributed by atoms with Crippen molar-refractivity contribution in [2.45, 2.75) is 13.0 Å². The van der Waals surface area contributed by atoms with Gasteiger partial charge in [-0.1, -0.05) is 18.2 Å². The van der Waals surface area contributed by atoms with Gasteiger partial charge in [-0.25, -0.2) is 4.98 Å². The number of thiophene rings is 1. The van der Waals surface area contributed by atoms with Crippen LogP contribution in [0.3, 0.4) is 0 Å². The van der Waals surface area contributed by atoms with Gasteiger partial charge in [0.05, 0.1) is 18.9 Å². The number of nitrogens with zero attached hydrogens (tertiary/aromatic N) is 3. The van der Waals surface area contributed by atoms with Crippen LogP contribution in [0.4, 0.5) is 17.2 Å². The highest BCUT2D eigenvalue weighted by molar-refractivity contribution is 7.21. The highest BCUT2D eigenvalue weighted by Gasteiger charge is 2.29. The number of amides is 1. The molecule has 2 aliphatic rings. The molecular weight excluding hydrogens is 398 g/mol. The summed E-state index contributed by atoms with van der Waals surface area (Å²) in [5.74, 6) is 0.833. The van der Waals surface area contributed by atoms with E-state index in [4.69, 9.17) is 15.5 Å². The first-order valence-corrected chi connectivity index (χ1v) is 11.0. The number of hydrogen-bond donors (Lipinski definition) is 2. The Labute approximate surface area is 179 Å². The van der Waals surface area contributed by atoms with Gasteiger partial charge >= 0.3 is 0 Å². The van der Waals surface area contributed by atoms with Crippen LogP contribution < -0.4 is 16.0 Å². The maximum atomic E-state index is 13.0. The number of para-hydroxylation sites is 1. The second kappa shape index (κ2) is 7.86. The molecule has 0 saturated carbocycles. The van der Waals surface area contributed by atoms with E-state index in [9.17, 15) is 4.79 Å². The van der Waals surface area contributed by atoms with E-state index in [1.165, 1.54) is 22.5 Å². The third kappa shape index (κ3) is 3.40. The first-order valence-electron chi connectivity index (χ1n) is 10.2. The lowest BCUT2D eigenvalue weighted by Gasteiger charge is -2.33. The second-order valence-electron chi connectivity index (χ2n) is 7.82. The minimum Gasteiger partial charge on any atom is -0.397 e. The van der Waals surface area contributed by atoms with Crippen LogP contribution in [0.1, 0.15) is 20.8 Å². The summed E-state index contributed by atoms with van der Waals surface area (Å²) in [5.41, 5.74) is 10.3. The molecule has 0 bridgehead atoms. The third-order valence-electron chi connectivity index (χ3n) is 5.79. The monoisotopic (exact) mass is 423 g/mol. The Balaban J connectivity index is 1.60. The van der Waals surface area contributed by atoms with Crippen molar-refractivity contribution in [3.63, 3.8) is 0 Å². The topological polar surface area (TPSA) is 83.7 Å². The van der Waals surface area contributed by atoms with Crippen molar-refractivity contribution in [3.05, 3.63) is 46.3 Å². The molecule has 4 heterocycles. The summed E-state index contributed by atoms with van der Waals surface area (Å²) in [6.45, 7) is 4.89. The van der Waals surface area contributed by atoms with E-state index in [1.807, 2.05) is 30.3 Å². The maximum Gasteiger partial charge on any atom is 0.267 e. The number of anilines is 3. The fourth-order valence-corrected chi connectivity index (χ4v) is 5.28. The summed E-state index contributed by atoms with van der Waals surface area (Å²) in [6.07, 6.45) is 0.906.